The lowest BCUT2D eigenvalue weighted by molar-refractivity contribution is -0.140. The average Bonchev–Trinajstić information content (AvgIpc) is 3.73. The number of halogens is 1. The number of piperazine rings is 1. The zero-order valence-electron chi connectivity index (χ0n) is 23.7. The molecule has 3 aromatic heterocycles. The SMILES string of the molecule is C[C@@H]1CN(c2cc(S(=O)(=O)NC3(C)CC3)cc3c(=O)n(Cc4cnn(C)c4)c4nccn4c23)CCN1C(=O)C1(F)CC1. The predicted molar refractivity (Wildman–Crippen MR) is 154 cm³/mol. The number of carbonyl (C=O) groups is 1. The van der Waals surface area contributed by atoms with Gasteiger partial charge in [-0.3, -0.25) is 23.2 Å². The number of alkyl halides is 1. The number of anilines is 1. The number of sulfonamides is 1. The van der Waals surface area contributed by atoms with Crippen molar-refractivity contribution in [3.8, 4) is 0 Å². The quantitative estimate of drug-likeness (QED) is 0.345. The van der Waals surface area contributed by atoms with Crippen molar-refractivity contribution in [2.45, 2.75) is 68.2 Å². The molecule has 42 heavy (non-hydrogen) atoms. The Bertz CT molecular complexity index is 1920. The topological polar surface area (TPSA) is 127 Å². The number of nitrogens with one attached hydrogen (secondary N) is 1. The van der Waals surface area contributed by atoms with Crippen molar-refractivity contribution in [2.24, 2.45) is 7.05 Å². The summed E-state index contributed by atoms with van der Waals surface area (Å²) in [5, 5.41) is 4.44. The molecular formula is C28H33FN8O4S. The molecule has 1 aliphatic heterocycles. The molecule has 1 N–H and O–H groups in total. The van der Waals surface area contributed by atoms with Gasteiger partial charge in [0.25, 0.3) is 11.5 Å². The van der Waals surface area contributed by atoms with Gasteiger partial charge in [0, 0.05) is 62.4 Å². The van der Waals surface area contributed by atoms with Crippen LogP contribution in [0.5, 0.6) is 0 Å². The van der Waals surface area contributed by atoms with Crippen molar-refractivity contribution in [1.29, 1.82) is 0 Å². The number of fused-ring (bicyclic) bond motifs is 3. The van der Waals surface area contributed by atoms with E-state index in [1.54, 1.807) is 45.7 Å². The Hall–Kier alpha value is -3.78. The summed E-state index contributed by atoms with van der Waals surface area (Å²) >= 11 is 0. The Labute approximate surface area is 241 Å². The summed E-state index contributed by atoms with van der Waals surface area (Å²) in [6.45, 7) is 4.91. The molecule has 1 saturated heterocycles. The van der Waals surface area contributed by atoms with E-state index in [0.29, 0.717) is 30.1 Å². The molecule has 222 valence electrons. The van der Waals surface area contributed by atoms with E-state index in [9.17, 15) is 22.4 Å². The smallest absolute Gasteiger partial charge is 0.263 e. The molecule has 3 aliphatic rings. The molecule has 1 amide bonds. The minimum absolute atomic E-state index is 0.00512. The molecular weight excluding hydrogens is 563 g/mol. The van der Waals surface area contributed by atoms with Crippen molar-refractivity contribution >= 4 is 38.3 Å². The van der Waals surface area contributed by atoms with Crippen LogP contribution in [0.4, 0.5) is 10.1 Å². The highest BCUT2D eigenvalue weighted by atomic mass is 32.2. The molecule has 4 heterocycles. The number of carbonyl (C=O) groups excluding carboxylic acids is 1. The van der Waals surface area contributed by atoms with Crippen LogP contribution in [-0.2, 0) is 28.4 Å². The van der Waals surface area contributed by atoms with Crippen LogP contribution in [0.1, 0.15) is 45.1 Å². The van der Waals surface area contributed by atoms with E-state index < -0.39 is 27.1 Å². The van der Waals surface area contributed by atoms with Gasteiger partial charge < -0.3 is 9.80 Å². The second-order valence-corrected chi connectivity index (χ2v) is 14.0. The molecule has 1 atom stereocenters. The number of nitrogens with zero attached hydrogens (tertiary/aromatic N) is 7. The van der Waals surface area contributed by atoms with Crippen LogP contribution >= 0.6 is 0 Å². The fourth-order valence-corrected chi connectivity index (χ4v) is 7.43. The molecule has 0 bridgehead atoms. The lowest BCUT2D eigenvalue weighted by Gasteiger charge is -2.42. The monoisotopic (exact) mass is 596 g/mol. The molecule has 3 fully saturated rings. The predicted octanol–water partition coefficient (Wildman–Crippen LogP) is 1.80. The summed E-state index contributed by atoms with van der Waals surface area (Å²) in [6.07, 6.45) is 8.82. The Kier molecular flexibility index (Phi) is 5.87. The van der Waals surface area contributed by atoms with E-state index in [-0.39, 0.29) is 47.8 Å². The number of rotatable bonds is 7. The van der Waals surface area contributed by atoms with Gasteiger partial charge in [-0.1, -0.05) is 0 Å². The van der Waals surface area contributed by atoms with E-state index in [1.165, 1.54) is 10.6 Å². The standard InChI is InChI=1S/C28H33FN8O4S/c1-18-15-34(10-11-35(18)25(39)28(29)6-7-28)22-13-20(42(40,41)32-27(2)4-5-27)12-21-23(22)36-9-8-30-26(36)37(24(21)38)17-19-14-31-33(3)16-19/h8-9,12-14,16,18,32H,4-7,10-11,15,17H2,1-3H3/t18-/m1/s1. The number of aryl methyl sites for hydroxylation is 1. The van der Waals surface area contributed by atoms with Crippen molar-refractivity contribution < 1.29 is 17.6 Å². The maximum absolute atomic E-state index is 14.7. The second kappa shape index (κ2) is 9.11. The molecule has 0 unspecified atom stereocenters. The minimum atomic E-state index is -3.96. The number of hydrogen-bond donors (Lipinski definition) is 1. The van der Waals surface area contributed by atoms with Gasteiger partial charge >= 0.3 is 0 Å². The van der Waals surface area contributed by atoms with Crippen LogP contribution < -0.4 is 15.2 Å². The summed E-state index contributed by atoms with van der Waals surface area (Å²) in [7, 11) is -2.17. The molecule has 7 rings (SSSR count). The molecule has 2 saturated carbocycles. The first-order valence-corrected chi connectivity index (χ1v) is 15.7. The molecule has 0 radical (unpaired) electrons. The molecule has 12 nitrogen and oxygen atoms in total. The summed E-state index contributed by atoms with van der Waals surface area (Å²) in [6, 6.07) is 2.72. The fraction of sp³-hybridized carbons (Fsp3) is 0.500. The Morgan fingerprint density at radius 1 is 1.19 bits per heavy atom. The highest BCUT2D eigenvalue weighted by Gasteiger charge is 2.54. The number of amides is 1. The van der Waals surface area contributed by atoms with Gasteiger partial charge in [0.1, 0.15) is 0 Å². The van der Waals surface area contributed by atoms with Gasteiger partial charge in [-0.25, -0.2) is 22.5 Å². The lowest BCUT2D eigenvalue weighted by Crippen LogP contribution is -2.56. The third-order valence-corrected chi connectivity index (χ3v) is 10.4. The minimum Gasteiger partial charge on any atom is -0.366 e. The number of hydrogen-bond acceptors (Lipinski definition) is 7. The highest BCUT2D eigenvalue weighted by molar-refractivity contribution is 7.89. The Morgan fingerprint density at radius 2 is 1.95 bits per heavy atom. The van der Waals surface area contributed by atoms with Gasteiger partial charge in [0.2, 0.25) is 15.8 Å². The van der Waals surface area contributed by atoms with E-state index >= 15 is 0 Å². The summed E-state index contributed by atoms with van der Waals surface area (Å²) in [5.41, 5.74) is -0.769. The normalized spacial score (nSPS) is 21.3. The van der Waals surface area contributed by atoms with Crippen molar-refractivity contribution in [1.82, 2.24) is 33.4 Å². The van der Waals surface area contributed by atoms with Gasteiger partial charge in [-0.15, -0.1) is 0 Å². The van der Waals surface area contributed by atoms with Crippen LogP contribution in [0.25, 0.3) is 16.7 Å². The summed E-state index contributed by atoms with van der Waals surface area (Å²) < 4.78 is 49.7. The van der Waals surface area contributed by atoms with Crippen LogP contribution in [0.15, 0.2) is 46.6 Å². The maximum atomic E-state index is 14.7. The fourth-order valence-electron chi connectivity index (χ4n) is 5.92. The van der Waals surface area contributed by atoms with E-state index in [4.69, 9.17) is 0 Å². The van der Waals surface area contributed by atoms with Gasteiger partial charge in [0.05, 0.1) is 34.2 Å². The van der Waals surface area contributed by atoms with Crippen LogP contribution in [-0.4, -0.2) is 79.8 Å². The molecule has 1 aromatic carbocycles. The van der Waals surface area contributed by atoms with Crippen molar-refractivity contribution in [3.05, 3.63) is 52.8 Å². The first-order chi connectivity index (χ1) is 19.9. The molecule has 0 spiro atoms. The van der Waals surface area contributed by atoms with Gasteiger partial charge in [-0.05, 0) is 51.7 Å². The average molecular weight is 597 g/mol. The Morgan fingerprint density at radius 3 is 2.60 bits per heavy atom. The second-order valence-electron chi connectivity index (χ2n) is 12.3. The van der Waals surface area contributed by atoms with E-state index in [1.807, 2.05) is 24.9 Å². The van der Waals surface area contributed by atoms with Gasteiger partial charge in [0.15, 0.2) is 5.67 Å². The zero-order valence-corrected chi connectivity index (χ0v) is 24.6. The largest absolute Gasteiger partial charge is 0.366 e. The zero-order chi connectivity index (χ0) is 29.6. The maximum Gasteiger partial charge on any atom is 0.263 e. The molecule has 2 aliphatic carbocycles. The number of benzene rings is 1. The highest BCUT2D eigenvalue weighted by Crippen LogP contribution is 2.42. The van der Waals surface area contributed by atoms with Crippen LogP contribution in [0.3, 0.4) is 0 Å². The number of aromatic nitrogens is 5. The first-order valence-electron chi connectivity index (χ1n) is 14.2. The summed E-state index contributed by atoms with van der Waals surface area (Å²) in [4.78, 5) is 35.0. The third kappa shape index (κ3) is 4.47. The Balaban J connectivity index is 1.38. The van der Waals surface area contributed by atoms with E-state index in [2.05, 4.69) is 14.8 Å². The molecule has 14 heteroatoms. The third-order valence-electron chi connectivity index (χ3n) is 8.73. The van der Waals surface area contributed by atoms with Crippen LogP contribution in [0.2, 0.25) is 0 Å². The lowest BCUT2D eigenvalue weighted by atomic mass is 10.1. The van der Waals surface area contributed by atoms with Crippen molar-refractivity contribution in [2.75, 3.05) is 24.5 Å². The first kappa shape index (κ1) is 27.1. The van der Waals surface area contributed by atoms with Crippen molar-refractivity contribution in [3.63, 3.8) is 0 Å². The summed E-state index contributed by atoms with van der Waals surface area (Å²) in [5.74, 6) is -0.0696. The van der Waals surface area contributed by atoms with Crippen LogP contribution in [0, 0.1) is 0 Å². The number of imidazole rings is 1. The van der Waals surface area contributed by atoms with Gasteiger partial charge in [-0.2, -0.15) is 5.10 Å². The molecule has 4 aromatic rings. The van der Waals surface area contributed by atoms with E-state index in [0.717, 1.165) is 18.4 Å².